The molecule has 0 aromatic heterocycles. The quantitative estimate of drug-likeness (QED) is 0.909. The van der Waals surface area contributed by atoms with Crippen LogP contribution in [-0.4, -0.2) is 56.6 Å². The number of hydrogen-bond acceptors (Lipinski definition) is 5. The molecule has 0 atom stereocenters. The maximum absolute atomic E-state index is 12.3. The van der Waals surface area contributed by atoms with Gasteiger partial charge in [-0.15, -0.1) is 0 Å². The molecule has 2 fully saturated rings. The lowest BCUT2D eigenvalue weighted by molar-refractivity contribution is -0.187. The normalized spacial score (nSPS) is 19.8. The lowest BCUT2D eigenvalue weighted by Gasteiger charge is -2.37. The van der Waals surface area contributed by atoms with Gasteiger partial charge in [-0.2, -0.15) is 0 Å². The highest BCUT2D eigenvalue weighted by molar-refractivity contribution is 6.32. The molecule has 0 saturated carbocycles. The summed E-state index contributed by atoms with van der Waals surface area (Å²) >= 11 is 6.07. The summed E-state index contributed by atoms with van der Waals surface area (Å²) < 4.78 is 16.5. The molecule has 2 saturated heterocycles. The Morgan fingerprint density at radius 3 is 2.65 bits per heavy atom. The van der Waals surface area contributed by atoms with Gasteiger partial charge in [-0.05, 0) is 18.2 Å². The van der Waals surface area contributed by atoms with Crippen molar-refractivity contribution in [3.8, 4) is 5.75 Å². The van der Waals surface area contributed by atoms with Crippen molar-refractivity contribution in [1.29, 1.82) is 0 Å². The third-order valence-corrected chi connectivity index (χ3v) is 4.58. The van der Waals surface area contributed by atoms with Gasteiger partial charge in [0.1, 0.15) is 5.75 Å². The van der Waals surface area contributed by atoms with Crippen molar-refractivity contribution < 1.29 is 19.0 Å². The number of nitrogens with zero attached hydrogens (tertiary/aromatic N) is 1. The van der Waals surface area contributed by atoms with Crippen LogP contribution in [0.1, 0.15) is 12.8 Å². The Morgan fingerprint density at radius 2 is 2.04 bits per heavy atom. The highest BCUT2D eigenvalue weighted by Gasteiger charge is 2.40. The summed E-state index contributed by atoms with van der Waals surface area (Å²) in [6.07, 6.45) is 1.46. The van der Waals surface area contributed by atoms with E-state index in [4.69, 9.17) is 25.8 Å². The Morgan fingerprint density at radius 1 is 1.35 bits per heavy atom. The summed E-state index contributed by atoms with van der Waals surface area (Å²) in [5.74, 6) is 0.222. The van der Waals surface area contributed by atoms with E-state index in [1.54, 1.807) is 19.2 Å². The van der Waals surface area contributed by atoms with Crippen molar-refractivity contribution in [1.82, 2.24) is 4.90 Å². The minimum Gasteiger partial charge on any atom is -0.495 e. The van der Waals surface area contributed by atoms with Crippen molar-refractivity contribution >= 4 is 23.2 Å². The first-order valence-electron chi connectivity index (χ1n) is 7.75. The van der Waals surface area contributed by atoms with Crippen LogP contribution in [0.4, 0.5) is 5.69 Å². The Labute approximate surface area is 140 Å². The Bertz CT molecular complexity index is 565. The number of benzene rings is 1. The highest BCUT2D eigenvalue weighted by atomic mass is 35.5. The summed E-state index contributed by atoms with van der Waals surface area (Å²) in [4.78, 5) is 14.1. The van der Waals surface area contributed by atoms with Crippen LogP contribution in [0, 0.1) is 0 Å². The molecule has 1 aromatic carbocycles. The van der Waals surface area contributed by atoms with Crippen LogP contribution in [0.15, 0.2) is 18.2 Å². The molecule has 126 valence electrons. The minimum atomic E-state index is -0.451. The number of carbonyl (C=O) groups excluding carboxylic acids is 1. The fourth-order valence-electron chi connectivity index (χ4n) is 2.95. The van der Waals surface area contributed by atoms with Crippen LogP contribution in [0.2, 0.25) is 5.02 Å². The van der Waals surface area contributed by atoms with E-state index < -0.39 is 5.79 Å². The van der Waals surface area contributed by atoms with Crippen LogP contribution in [0.25, 0.3) is 0 Å². The Hall–Kier alpha value is -1.50. The number of rotatable bonds is 4. The predicted molar refractivity (Wildman–Crippen MR) is 86.9 cm³/mol. The molecule has 1 aromatic rings. The van der Waals surface area contributed by atoms with E-state index in [0.717, 1.165) is 18.5 Å². The molecular formula is C16H21ClN2O4. The third-order valence-electron chi connectivity index (χ3n) is 4.29. The fraction of sp³-hybridized carbons (Fsp3) is 0.562. The van der Waals surface area contributed by atoms with E-state index >= 15 is 0 Å². The van der Waals surface area contributed by atoms with Gasteiger partial charge < -0.3 is 24.4 Å². The summed E-state index contributed by atoms with van der Waals surface area (Å²) in [5, 5.41) is 3.62. The van der Waals surface area contributed by atoms with Crippen molar-refractivity contribution in [2.45, 2.75) is 18.6 Å². The second-order valence-corrected chi connectivity index (χ2v) is 6.10. The van der Waals surface area contributed by atoms with E-state index in [1.165, 1.54) is 0 Å². The van der Waals surface area contributed by atoms with E-state index in [-0.39, 0.29) is 12.5 Å². The maximum Gasteiger partial charge on any atom is 0.241 e. The standard InChI is InChI=1S/C16H21ClN2O4/c1-21-14-3-2-12(10-13(14)17)18-11-15(20)19-6-4-16(5-7-19)22-8-9-23-16/h2-3,10,18H,4-9,11H2,1H3. The summed E-state index contributed by atoms with van der Waals surface area (Å²) in [7, 11) is 1.57. The molecule has 2 heterocycles. The number of nitrogens with one attached hydrogen (secondary N) is 1. The molecule has 1 spiro atoms. The number of piperidine rings is 1. The number of methoxy groups -OCH3 is 1. The summed E-state index contributed by atoms with van der Waals surface area (Å²) in [5.41, 5.74) is 0.792. The van der Waals surface area contributed by atoms with Gasteiger partial charge in [0, 0.05) is 31.6 Å². The molecule has 3 rings (SSSR count). The second kappa shape index (κ2) is 6.95. The van der Waals surface area contributed by atoms with Crippen molar-refractivity contribution in [3.05, 3.63) is 23.2 Å². The fourth-order valence-corrected chi connectivity index (χ4v) is 3.21. The van der Waals surface area contributed by atoms with E-state index in [1.807, 2.05) is 11.0 Å². The molecule has 0 radical (unpaired) electrons. The summed E-state index contributed by atoms with van der Waals surface area (Å²) in [6.45, 7) is 2.84. The molecule has 0 aliphatic carbocycles. The topological polar surface area (TPSA) is 60.0 Å². The molecule has 2 aliphatic rings. The molecular weight excluding hydrogens is 320 g/mol. The molecule has 0 bridgehead atoms. The van der Waals surface area contributed by atoms with E-state index in [9.17, 15) is 4.79 Å². The number of ether oxygens (including phenoxy) is 3. The van der Waals surface area contributed by atoms with Crippen LogP contribution in [-0.2, 0) is 14.3 Å². The number of carbonyl (C=O) groups is 1. The molecule has 7 heteroatoms. The van der Waals surface area contributed by atoms with Gasteiger partial charge in [-0.1, -0.05) is 11.6 Å². The Kier molecular flexibility index (Phi) is 4.94. The van der Waals surface area contributed by atoms with Gasteiger partial charge in [0.15, 0.2) is 5.79 Å². The van der Waals surface area contributed by atoms with Crippen LogP contribution in [0.3, 0.4) is 0 Å². The first kappa shape index (κ1) is 16.4. The van der Waals surface area contributed by atoms with Gasteiger partial charge in [0.25, 0.3) is 0 Å². The Balaban J connectivity index is 1.49. The number of halogens is 1. The first-order chi connectivity index (χ1) is 11.1. The molecule has 1 N–H and O–H groups in total. The van der Waals surface area contributed by atoms with Crippen LogP contribution >= 0.6 is 11.6 Å². The van der Waals surface area contributed by atoms with Gasteiger partial charge >= 0.3 is 0 Å². The smallest absolute Gasteiger partial charge is 0.241 e. The molecule has 0 unspecified atom stereocenters. The first-order valence-corrected chi connectivity index (χ1v) is 8.13. The van der Waals surface area contributed by atoms with Gasteiger partial charge in [-0.25, -0.2) is 0 Å². The van der Waals surface area contributed by atoms with Crippen LogP contribution in [0.5, 0.6) is 5.75 Å². The zero-order valence-corrected chi connectivity index (χ0v) is 13.9. The summed E-state index contributed by atoms with van der Waals surface area (Å²) in [6, 6.07) is 5.36. The average Bonchev–Trinajstić information content (AvgIpc) is 3.01. The van der Waals surface area contributed by atoms with Gasteiger partial charge in [0.05, 0.1) is 31.9 Å². The monoisotopic (exact) mass is 340 g/mol. The number of anilines is 1. The van der Waals surface area contributed by atoms with Crippen molar-refractivity contribution in [2.75, 3.05) is 45.3 Å². The molecule has 6 nitrogen and oxygen atoms in total. The van der Waals surface area contributed by atoms with Crippen LogP contribution < -0.4 is 10.1 Å². The number of amides is 1. The lowest BCUT2D eigenvalue weighted by atomic mass is 10.0. The molecule has 2 aliphatic heterocycles. The van der Waals surface area contributed by atoms with Crippen molar-refractivity contribution in [2.24, 2.45) is 0 Å². The zero-order valence-electron chi connectivity index (χ0n) is 13.1. The van der Waals surface area contributed by atoms with Gasteiger partial charge in [-0.3, -0.25) is 4.79 Å². The zero-order chi connectivity index (χ0) is 16.3. The predicted octanol–water partition coefficient (Wildman–Crippen LogP) is 2.13. The number of hydrogen-bond donors (Lipinski definition) is 1. The third kappa shape index (κ3) is 3.71. The highest BCUT2D eigenvalue weighted by Crippen LogP contribution is 2.31. The minimum absolute atomic E-state index is 0.0600. The average molecular weight is 341 g/mol. The van der Waals surface area contributed by atoms with E-state index in [2.05, 4.69) is 5.32 Å². The van der Waals surface area contributed by atoms with Crippen molar-refractivity contribution in [3.63, 3.8) is 0 Å². The second-order valence-electron chi connectivity index (χ2n) is 5.69. The van der Waals surface area contributed by atoms with E-state index in [0.29, 0.717) is 37.1 Å². The largest absolute Gasteiger partial charge is 0.495 e. The molecule has 23 heavy (non-hydrogen) atoms. The lowest BCUT2D eigenvalue weighted by Crippen LogP contribution is -2.48. The SMILES string of the molecule is COc1ccc(NCC(=O)N2CCC3(CC2)OCCO3)cc1Cl. The maximum atomic E-state index is 12.3. The number of likely N-dealkylation sites (tertiary alicyclic amines) is 1. The molecule has 1 amide bonds. The van der Waals surface area contributed by atoms with Gasteiger partial charge in [0.2, 0.25) is 5.91 Å².